The van der Waals surface area contributed by atoms with Crippen LogP contribution in [0.4, 0.5) is 0 Å². The van der Waals surface area contributed by atoms with Crippen molar-refractivity contribution >= 4 is 49.4 Å². The Kier molecular flexibility index (Phi) is 5.79. The summed E-state index contributed by atoms with van der Waals surface area (Å²) in [6, 6.07) is 5.59. The highest BCUT2D eigenvalue weighted by molar-refractivity contribution is 9.10. The molecule has 0 aliphatic heterocycles. The second-order valence-corrected chi connectivity index (χ2v) is 5.54. The van der Waals surface area contributed by atoms with Crippen LogP contribution in [0.1, 0.15) is 12.5 Å². The van der Waals surface area contributed by atoms with E-state index in [0.29, 0.717) is 18.1 Å². The zero-order valence-corrected chi connectivity index (χ0v) is 12.6. The van der Waals surface area contributed by atoms with Crippen molar-refractivity contribution in [2.75, 3.05) is 6.61 Å². The van der Waals surface area contributed by atoms with Crippen LogP contribution in [-0.4, -0.2) is 17.4 Å². The number of alkyl halides is 1. The molecule has 0 aliphatic rings. The van der Waals surface area contributed by atoms with Gasteiger partial charge in [0.15, 0.2) is 0 Å². The lowest BCUT2D eigenvalue weighted by Gasteiger charge is -2.09. The van der Waals surface area contributed by atoms with Gasteiger partial charge in [-0.25, -0.2) is 0 Å². The first kappa shape index (κ1) is 14.0. The van der Waals surface area contributed by atoms with Crippen molar-refractivity contribution in [3.63, 3.8) is 0 Å². The van der Waals surface area contributed by atoms with Crippen LogP contribution in [-0.2, 0) is 16.0 Å². The van der Waals surface area contributed by atoms with E-state index in [2.05, 4.69) is 31.9 Å². The third-order valence-electron chi connectivity index (χ3n) is 1.94. The lowest BCUT2D eigenvalue weighted by molar-refractivity contribution is -0.142. The highest BCUT2D eigenvalue weighted by atomic mass is 79.9. The molecular weight excluding hydrogens is 359 g/mol. The quantitative estimate of drug-likeness (QED) is 0.592. The van der Waals surface area contributed by atoms with E-state index < -0.39 is 0 Å². The predicted molar refractivity (Wildman–Crippen MR) is 72.2 cm³/mol. The number of benzene rings is 1. The van der Waals surface area contributed by atoms with Crippen LogP contribution in [0.2, 0.25) is 5.02 Å². The standard InChI is InChI=1S/C11H11Br2ClO2/c1-2-16-11(15)9(13)6-7-3-4-10(14)8(12)5-7/h3-5,9H,2,6H2,1H3. The molecule has 0 amide bonds. The molecule has 0 heterocycles. The molecule has 0 saturated heterocycles. The van der Waals surface area contributed by atoms with E-state index >= 15 is 0 Å². The van der Waals surface area contributed by atoms with E-state index in [1.807, 2.05) is 12.1 Å². The molecule has 1 aromatic carbocycles. The molecule has 0 saturated carbocycles. The molecule has 1 unspecified atom stereocenters. The number of ether oxygens (including phenoxy) is 1. The van der Waals surface area contributed by atoms with Crippen LogP contribution in [0.5, 0.6) is 0 Å². The Morgan fingerprint density at radius 1 is 1.56 bits per heavy atom. The molecule has 5 heteroatoms. The fourth-order valence-corrected chi connectivity index (χ4v) is 2.24. The first-order valence-electron chi connectivity index (χ1n) is 4.79. The molecule has 88 valence electrons. The second kappa shape index (κ2) is 6.62. The normalized spacial score (nSPS) is 12.2. The smallest absolute Gasteiger partial charge is 0.320 e. The number of carbonyl (C=O) groups excluding carboxylic acids is 1. The third-order valence-corrected chi connectivity index (χ3v) is 3.85. The minimum absolute atomic E-state index is 0.242. The van der Waals surface area contributed by atoms with Crippen LogP contribution in [0.3, 0.4) is 0 Å². The van der Waals surface area contributed by atoms with E-state index in [1.54, 1.807) is 13.0 Å². The lowest BCUT2D eigenvalue weighted by atomic mass is 10.1. The summed E-state index contributed by atoms with van der Waals surface area (Å²) >= 11 is 12.5. The molecule has 16 heavy (non-hydrogen) atoms. The molecule has 1 atom stereocenters. The molecule has 1 aromatic rings. The van der Waals surface area contributed by atoms with Gasteiger partial charge in [0.2, 0.25) is 0 Å². The maximum Gasteiger partial charge on any atom is 0.320 e. The lowest BCUT2D eigenvalue weighted by Crippen LogP contribution is -2.19. The Morgan fingerprint density at radius 2 is 2.25 bits per heavy atom. The second-order valence-electron chi connectivity index (χ2n) is 3.17. The summed E-state index contributed by atoms with van der Waals surface area (Å²) in [6.07, 6.45) is 0.578. The van der Waals surface area contributed by atoms with Crippen molar-refractivity contribution in [2.45, 2.75) is 18.2 Å². The Balaban J connectivity index is 2.66. The van der Waals surface area contributed by atoms with Crippen LogP contribution >= 0.6 is 43.5 Å². The molecule has 0 fully saturated rings. The van der Waals surface area contributed by atoms with Crippen molar-refractivity contribution in [3.8, 4) is 0 Å². The highest BCUT2D eigenvalue weighted by Gasteiger charge is 2.16. The van der Waals surface area contributed by atoms with Crippen LogP contribution in [0, 0.1) is 0 Å². The van der Waals surface area contributed by atoms with Gasteiger partial charge < -0.3 is 4.74 Å². The maximum atomic E-state index is 11.4. The highest BCUT2D eigenvalue weighted by Crippen LogP contribution is 2.24. The number of halogens is 3. The van der Waals surface area contributed by atoms with Gasteiger partial charge in [0.1, 0.15) is 4.83 Å². The van der Waals surface area contributed by atoms with Crippen LogP contribution < -0.4 is 0 Å². The molecule has 2 nitrogen and oxygen atoms in total. The fourth-order valence-electron chi connectivity index (χ4n) is 1.19. The molecule has 0 aromatic heterocycles. The molecule has 0 bridgehead atoms. The first-order chi connectivity index (χ1) is 7.54. The van der Waals surface area contributed by atoms with Gasteiger partial charge in [-0.1, -0.05) is 33.6 Å². The SMILES string of the molecule is CCOC(=O)C(Br)Cc1ccc(Cl)c(Br)c1. The fraction of sp³-hybridized carbons (Fsp3) is 0.364. The van der Waals surface area contributed by atoms with Crippen LogP contribution in [0.25, 0.3) is 0 Å². The average Bonchev–Trinajstić information content (AvgIpc) is 2.24. The van der Waals surface area contributed by atoms with Gasteiger partial charge >= 0.3 is 5.97 Å². The van der Waals surface area contributed by atoms with E-state index in [4.69, 9.17) is 16.3 Å². The van der Waals surface area contributed by atoms with E-state index in [0.717, 1.165) is 10.0 Å². The summed E-state index contributed by atoms with van der Waals surface area (Å²) in [4.78, 5) is 11.1. The number of esters is 1. The van der Waals surface area contributed by atoms with Gasteiger partial charge in [-0.3, -0.25) is 4.79 Å². The molecule has 0 aliphatic carbocycles. The number of hydrogen-bond donors (Lipinski definition) is 0. The van der Waals surface area contributed by atoms with E-state index in [1.165, 1.54) is 0 Å². The Hall–Kier alpha value is -0.0600. The monoisotopic (exact) mass is 368 g/mol. The maximum absolute atomic E-state index is 11.4. The number of rotatable bonds is 4. The predicted octanol–water partition coefficient (Wildman–Crippen LogP) is 3.97. The van der Waals surface area contributed by atoms with Gasteiger partial charge in [-0.15, -0.1) is 0 Å². The summed E-state index contributed by atoms with van der Waals surface area (Å²) in [5, 5.41) is 0.658. The molecule has 0 N–H and O–H groups in total. The van der Waals surface area contributed by atoms with Gasteiger partial charge in [0, 0.05) is 4.47 Å². The van der Waals surface area contributed by atoms with E-state index in [9.17, 15) is 4.79 Å². The van der Waals surface area contributed by atoms with Gasteiger partial charge in [-0.05, 0) is 47.0 Å². The zero-order chi connectivity index (χ0) is 12.1. The van der Waals surface area contributed by atoms with Crippen molar-refractivity contribution < 1.29 is 9.53 Å². The van der Waals surface area contributed by atoms with Gasteiger partial charge in [-0.2, -0.15) is 0 Å². The topological polar surface area (TPSA) is 26.3 Å². The number of hydrogen-bond acceptors (Lipinski definition) is 2. The molecular formula is C11H11Br2ClO2. The minimum Gasteiger partial charge on any atom is -0.465 e. The Bertz CT molecular complexity index is 382. The van der Waals surface area contributed by atoms with Gasteiger partial charge in [0.05, 0.1) is 11.6 Å². The Morgan fingerprint density at radius 3 is 2.81 bits per heavy atom. The summed E-state index contributed by atoms with van der Waals surface area (Å²) in [5.74, 6) is -0.242. The summed E-state index contributed by atoms with van der Waals surface area (Å²) in [6.45, 7) is 2.18. The molecule has 1 rings (SSSR count). The third kappa shape index (κ3) is 4.07. The van der Waals surface area contributed by atoms with Crippen molar-refractivity contribution in [1.29, 1.82) is 0 Å². The Labute approximate surface area is 117 Å². The van der Waals surface area contributed by atoms with Crippen LogP contribution in [0.15, 0.2) is 22.7 Å². The number of carbonyl (C=O) groups is 1. The largest absolute Gasteiger partial charge is 0.465 e. The average molecular weight is 370 g/mol. The van der Waals surface area contributed by atoms with Crippen molar-refractivity contribution in [2.24, 2.45) is 0 Å². The van der Waals surface area contributed by atoms with Crippen molar-refractivity contribution in [3.05, 3.63) is 33.3 Å². The zero-order valence-electron chi connectivity index (χ0n) is 8.67. The summed E-state index contributed by atoms with van der Waals surface area (Å²) in [7, 11) is 0. The first-order valence-corrected chi connectivity index (χ1v) is 6.88. The van der Waals surface area contributed by atoms with Gasteiger partial charge in [0.25, 0.3) is 0 Å². The molecule has 0 spiro atoms. The minimum atomic E-state index is -0.319. The van der Waals surface area contributed by atoms with E-state index in [-0.39, 0.29) is 10.8 Å². The summed E-state index contributed by atoms with van der Waals surface area (Å²) < 4.78 is 5.74. The summed E-state index contributed by atoms with van der Waals surface area (Å²) in [5.41, 5.74) is 1.02. The van der Waals surface area contributed by atoms with Crippen molar-refractivity contribution in [1.82, 2.24) is 0 Å². The molecule has 0 radical (unpaired) electrons.